The van der Waals surface area contributed by atoms with Gasteiger partial charge in [-0.1, -0.05) is 24.3 Å². The first-order valence-electron chi connectivity index (χ1n) is 10.8. The molecule has 0 bridgehead atoms. The van der Waals surface area contributed by atoms with Gasteiger partial charge in [0.15, 0.2) is 6.10 Å². The fraction of sp³-hybridized carbons (Fsp3) is 0.417. The summed E-state index contributed by atoms with van der Waals surface area (Å²) in [6.07, 6.45) is -1.25. The van der Waals surface area contributed by atoms with E-state index in [0.717, 1.165) is 5.56 Å². The van der Waals surface area contributed by atoms with E-state index >= 15 is 0 Å². The lowest BCUT2D eigenvalue weighted by atomic mass is 10.2. The van der Waals surface area contributed by atoms with Crippen LogP contribution in [0.5, 0.6) is 0 Å². The molecule has 8 nitrogen and oxygen atoms in total. The SMILES string of the molecule is Cc1ccc(C)c(S(=O)(=O)Nc2ccccc2C(=O)OC(C)C(=O)N2CC(C)OC(C)C2)c1. The van der Waals surface area contributed by atoms with Crippen LogP contribution in [0.15, 0.2) is 47.4 Å². The number of nitrogens with zero attached hydrogens (tertiary/aromatic N) is 1. The summed E-state index contributed by atoms with van der Waals surface area (Å²) in [6, 6.07) is 11.3. The van der Waals surface area contributed by atoms with Gasteiger partial charge in [0.2, 0.25) is 0 Å². The molecule has 1 aliphatic heterocycles. The molecule has 1 N–H and O–H groups in total. The zero-order chi connectivity index (χ0) is 24.3. The standard InChI is InChI=1S/C24H30N2O6S/c1-15-10-11-16(2)22(12-15)33(29,30)25-21-9-7-6-8-20(21)24(28)32-19(5)23(27)26-13-17(3)31-18(4)14-26/h6-12,17-19,25H,13-14H2,1-5H3. The van der Waals surface area contributed by atoms with Crippen molar-refractivity contribution in [2.45, 2.75) is 57.8 Å². The van der Waals surface area contributed by atoms with E-state index in [2.05, 4.69) is 4.72 Å². The summed E-state index contributed by atoms with van der Waals surface area (Å²) in [5.74, 6) is -1.11. The third-order valence-electron chi connectivity index (χ3n) is 5.39. The number of anilines is 1. The van der Waals surface area contributed by atoms with Crippen LogP contribution in [0, 0.1) is 13.8 Å². The number of rotatable bonds is 6. The van der Waals surface area contributed by atoms with Gasteiger partial charge in [0.1, 0.15) is 0 Å². The van der Waals surface area contributed by atoms with Crippen molar-refractivity contribution in [1.29, 1.82) is 0 Å². The topological polar surface area (TPSA) is 102 Å². The monoisotopic (exact) mass is 474 g/mol. The van der Waals surface area contributed by atoms with E-state index in [4.69, 9.17) is 9.47 Å². The van der Waals surface area contributed by atoms with Crippen LogP contribution in [0.2, 0.25) is 0 Å². The molecule has 2 aromatic rings. The molecule has 0 aliphatic carbocycles. The zero-order valence-corrected chi connectivity index (χ0v) is 20.3. The Kier molecular flexibility index (Phi) is 7.44. The van der Waals surface area contributed by atoms with Gasteiger partial charge >= 0.3 is 5.97 Å². The maximum Gasteiger partial charge on any atom is 0.341 e. The van der Waals surface area contributed by atoms with Gasteiger partial charge in [0.05, 0.1) is 28.4 Å². The summed E-state index contributed by atoms with van der Waals surface area (Å²) in [5.41, 5.74) is 1.49. The average molecular weight is 475 g/mol. The lowest BCUT2D eigenvalue weighted by molar-refractivity contribution is -0.151. The van der Waals surface area contributed by atoms with Crippen LogP contribution in [0.3, 0.4) is 0 Å². The minimum atomic E-state index is -3.94. The Labute approximate surface area is 194 Å². The molecular formula is C24H30N2O6S. The first-order chi connectivity index (χ1) is 15.5. The Hall–Kier alpha value is -2.91. The second kappa shape index (κ2) is 9.93. The highest BCUT2D eigenvalue weighted by Gasteiger charge is 2.31. The van der Waals surface area contributed by atoms with Gasteiger partial charge < -0.3 is 14.4 Å². The van der Waals surface area contributed by atoms with Crippen LogP contribution in [0.1, 0.15) is 42.3 Å². The lowest BCUT2D eigenvalue weighted by Crippen LogP contribution is -2.51. The third-order valence-corrected chi connectivity index (χ3v) is 6.89. The van der Waals surface area contributed by atoms with Crippen molar-refractivity contribution in [3.8, 4) is 0 Å². The number of para-hydroxylation sites is 1. The van der Waals surface area contributed by atoms with E-state index in [-0.39, 0.29) is 34.3 Å². The quantitative estimate of drug-likeness (QED) is 0.645. The van der Waals surface area contributed by atoms with Gasteiger partial charge in [-0.05, 0) is 63.9 Å². The van der Waals surface area contributed by atoms with Crippen LogP contribution < -0.4 is 4.72 Å². The predicted octanol–water partition coefficient (Wildman–Crippen LogP) is 3.29. The fourth-order valence-corrected chi connectivity index (χ4v) is 5.25. The number of sulfonamides is 1. The number of hydrogen-bond donors (Lipinski definition) is 1. The molecule has 0 saturated carbocycles. The number of morpholine rings is 1. The molecule has 0 aromatic heterocycles. The highest BCUT2D eigenvalue weighted by atomic mass is 32.2. The molecule has 1 fully saturated rings. The van der Waals surface area contributed by atoms with Crippen molar-refractivity contribution in [2.75, 3.05) is 17.8 Å². The van der Waals surface area contributed by atoms with E-state index in [9.17, 15) is 18.0 Å². The summed E-state index contributed by atoms with van der Waals surface area (Å²) in [5, 5.41) is 0. The normalized spacial score (nSPS) is 19.6. The van der Waals surface area contributed by atoms with Crippen LogP contribution >= 0.6 is 0 Å². The van der Waals surface area contributed by atoms with Gasteiger partial charge in [-0.25, -0.2) is 13.2 Å². The number of benzene rings is 2. The number of hydrogen-bond acceptors (Lipinski definition) is 6. The zero-order valence-electron chi connectivity index (χ0n) is 19.5. The number of esters is 1. The summed E-state index contributed by atoms with van der Waals surface area (Å²) in [6.45, 7) is 9.60. The summed E-state index contributed by atoms with van der Waals surface area (Å²) in [7, 11) is -3.94. The van der Waals surface area contributed by atoms with E-state index in [1.807, 2.05) is 19.9 Å². The van der Waals surface area contributed by atoms with Crippen LogP contribution in [0.4, 0.5) is 5.69 Å². The first kappa shape index (κ1) is 24.7. The number of carbonyl (C=O) groups is 2. The molecule has 2 aromatic carbocycles. The van der Waals surface area contributed by atoms with Crippen LogP contribution in [0.25, 0.3) is 0 Å². The molecule has 0 spiro atoms. The van der Waals surface area contributed by atoms with E-state index in [1.165, 1.54) is 19.1 Å². The molecule has 3 atom stereocenters. The predicted molar refractivity (Wildman–Crippen MR) is 125 cm³/mol. The van der Waals surface area contributed by atoms with Crippen molar-refractivity contribution < 1.29 is 27.5 Å². The maximum absolute atomic E-state index is 13.0. The Morgan fingerprint density at radius 3 is 2.39 bits per heavy atom. The summed E-state index contributed by atoms with van der Waals surface area (Å²) < 4.78 is 39.6. The molecule has 1 heterocycles. The van der Waals surface area contributed by atoms with Gasteiger partial charge in [0.25, 0.3) is 15.9 Å². The fourth-order valence-electron chi connectivity index (χ4n) is 3.84. The molecule has 9 heteroatoms. The molecule has 1 amide bonds. The highest BCUT2D eigenvalue weighted by Crippen LogP contribution is 2.24. The average Bonchev–Trinajstić information content (AvgIpc) is 2.74. The Bertz CT molecular complexity index is 1140. The Balaban J connectivity index is 1.77. The van der Waals surface area contributed by atoms with Crippen molar-refractivity contribution in [3.63, 3.8) is 0 Å². The first-order valence-corrected chi connectivity index (χ1v) is 12.3. The summed E-state index contributed by atoms with van der Waals surface area (Å²) in [4.78, 5) is 27.4. The minimum Gasteiger partial charge on any atom is -0.449 e. The molecule has 1 aliphatic rings. The Morgan fingerprint density at radius 1 is 1.09 bits per heavy atom. The second-order valence-corrected chi connectivity index (χ2v) is 10.1. The van der Waals surface area contributed by atoms with E-state index in [0.29, 0.717) is 18.7 Å². The van der Waals surface area contributed by atoms with Crippen molar-refractivity contribution in [2.24, 2.45) is 0 Å². The number of nitrogens with one attached hydrogen (secondary N) is 1. The molecule has 1 saturated heterocycles. The Morgan fingerprint density at radius 2 is 1.73 bits per heavy atom. The maximum atomic E-state index is 13.0. The number of aryl methyl sites for hydroxylation is 2. The van der Waals surface area contributed by atoms with Crippen molar-refractivity contribution in [3.05, 3.63) is 59.2 Å². The van der Waals surface area contributed by atoms with Crippen LogP contribution in [-0.4, -0.2) is 56.6 Å². The van der Waals surface area contributed by atoms with Crippen molar-refractivity contribution in [1.82, 2.24) is 4.90 Å². The van der Waals surface area contributed by atoms with Crippen LogP contribution in [-0.2, 0) is 24.3 Å². The second-order valence-electron chi connectivity index (χ2n) is 8.47. The van der Waals surface area contributed by atoms with Gasteiger partial charge in [-0.2, -0.15) is 0 Å². The lowest BCUT2D eigenvalue weighted by Gasteiger charge is -2.36. The number of carbonyl (C=O) groups excluding carboxylic acids is 2. The number of ether oxygens (including phenoxy) is 2. The van der Waals surface area contributed by atoms with Gasteiger partial charge in [-0.15, -0.1) is 0 Å². The van der Waals surface area contributed by atoms with Crippen molar-refractivity contribution >= 4 is 27.6 Å². The molecule has 178 valence electrons. The molecule has 0 radical (unpaired) electrons. The van der Waals surface area contributed by atoms with E-state index in [1.54, 1.807) is 43.0 Å². The van der Waals surface area contributed by atoms with E-state index < -0.39 is 22.1 Å². The number of amides is 1. The van der Waals surface area contributed by atoms with Gasteiger partial charge in [0, 0.05) is 13.1 Å². The largest absolute Gasteiger partial charge is 0.449 e. The smallest absolute Gasteiger partial charge is 0.341 e. The summed E-state index contributed by atoms with van der Waals surface area (Å²) >= 11 is 0. The minimum absolute atomic E-state index is 0.0229. The highest BCUT2D eigenvalue weighted by molar-refractivity contribution is 7.92. The molecule has 3 rings (SSSR count). The molecular weight excluding hydrogens is 444 g/mol. The third kappa shape index (κ3) is 5.91. The van der Waals surface area contributed by atoms with Gasteiger partial charge in [-0.3, -0.25) is 9.52 Å². The molecule has 3 unspecified atom stereocenters. The molecule has 33 heavy (non-hydrogen) atoms.